The Morgan fingerprint density at radius 2 is 0.795 bits per heavy atom. The van der Waals surface area contributed by atoms with Crippen LogP contribution in [0.1, 0.15) is 54.9 Å². The minimum Gasteiger partial charge on any atom is -0.454 e. The third kappa shape index (κ3) is 9.38. The highest BCUT2D eigenvalue weighted by atomic mass is 16.5. The van der Waals surface area contributed by atoms with Gasteiger partial charge in [-0.3, -0.25) is 9.97 Å². The molecule has 0 saturated carbocycles. The Morgan fingerprint density at radius 3 is 1.23 bits per heavy atom. The topological polar surface area (TPSA) is 110 Å². The zero-order valence-corrected chi connectivity index (χ0v) is 24.0. The van der Waals surface area contributed by atoms with Crippen molar-refractivity contribution < 1.29 is 28.5 Å². The highest BCUT2D eigenvalue weighted by molar-refractivity contribution is 5.91. The number of aromatic nitrogens is 3. The lowest BCUT2D eigenvalue weighted by molar-refractivity contribution is 0.0450. The molecule has 0 spiro atoms. The monoisotopic (exact) mass is 589 g/mol. The van der Waals surface area contributed by atoms with Crippen molar-refractivity contribution in [1.29, 1.82) is 0 Å². The van der Waals surface area contributed by atoms with Gasteiger partial charge >= 0.3 is 11.9 Å². The van der Waals surface area contributed by atoms with E-state index in [1.807, 2.05) is 84.9 Å². The number of ether oxygens (including phenoxy) is 4. The number of esters is 2. The lowest BCUT2D eigenvalue weighted by Gasteiger charge is -2.09. The minimum absolute atomic E-state index is 0.0162. The summed E-state index contributed by atoms with van der Waals surface area (Å²) in [6.07, 6.45) is 0. The number of rotatable bonds is 14. The first kappa shape index (κ1) is 30.2. The van der Waals surface area contributed by atoms with E-state index in [0.29, 0.717) is 37.8 Å². The van der Waals surface area contributed by atoms with E-state index in [2.05, 4.69) is 15.0 Å². The molecule has 3 aromatic heterocycles. The van der Waals surface area contributed by atoms with Crippen LogP contribution in [0.5, 0.6) is 0 Å². The summed E-state index contributed by atoms with van der Waals surface area (Å²) in [7, 11) is 0. The van der Waals surface area contributed by atoms with Crippen molar-refractivity contribution >= 4 is 11.9 Å². The van der Waals surface area contributed by atoms with Gasteiger partial charge in [-0.15, -0.1) is 0 Å². The number of carbonyl (C=O) groups is 2. The van der Waals surface area contributed by atoms with Crippen LogP contribution in [0.15, 0.2) is 115 Å². The van der Waals surface area contributed by atoms with Crippen molar-refractivity contribution in [2.24, 2.45) is 0 Å². The maximum Gasteiger partial charge on any atom is 0.357 e. The van der Waals surface area contributed by atoms with Crippen molar-refractivity contribution in [3.63, 3.8) is 0 Å². The number of hydrogen-bond acceptors (Lipinski definition) is 9. The quantitative estimate of drug-likeness (QED) is 0.144. The van der Waals surface area contributed by atoms with Crippen LogP contribution in [0.2, 0.25) is 0 Å². The van der Waals surface area contributed by atoms with Gasteiger partial charge in [0.1, 0.15) is 24.6 Å². The Labute approximate surface area is 255 Å². The Morgan fingerprint density at radius 1 is 0.409 bits per heavy atom. The van der Waals surface area contributed by atoms with E-state index in [-0.39, 0.29) is 24.6 Å². The summed E-state index contributed by atoms with van der Waals surface area (Å²) in [4.78, 5) is 38.5. The zero-order valence-electron chi connectivity index (χ0n) is 24.0. The maximum absolute atomic E-state index is 12.7. The summed E-state index contributed by atoms with van der Waals surface area (Å²) >= 11 is 0. The fourth-order valence-corrected chi connectivity index (χ4v) is 4.16. The van der Waals surface area contributed by atoms with Gasteiger partial charge in [-0.05, 0) is 47.5 Å². The van der Waals surface area contributed by atoms with Crippen LogP contribution in [0.3, 0.4) is 0 Å². The van der Waals surface area contributed by atoms with Crippen LogP contribution >= 0.6 is 0 Å². The number of nitrogens with zero attached hydrogens (tertiary/aromatic N) is 3. The Kier molecular flexibility index (Phi) is 10.9. The molecule has 0 saturated heterocycles. The lowest BCUT2D eigenvalue weighted by atomic mass is 10.2. The molecule has 5 rings (SSSR count). The molecule has 222 valence electrons. The van der Waals surface area contributed by atoms with Gasteiger partial charge in [-0.1, -0.05) is 78.9 Å². The Hall–Kier alpha value is -5.25. The summed E-state index contributed by atoms with van der Waals surface area (Å²) in [6, 6.07) is 35.1. The second-order valence-corrected chi connectivity index (χ2v) is 9.76. The van der Waals surface area contributed by atoms with Gasteiger partial charge < -0.3 is 18.9 Å². The fraction of sp³-hybridized carbons (Fsp3) is 0.171. The molecule has 0 atom stereocenters. The summed E-state index contributed by atoms with van der Waals surface area (Å²) in [5, 5.41) is 0. The fourth-order valence-electron chi connectivity index (χ4n) is 4.16. The van der Waals surface area contributed by atoms with Gasteiger partial charge in [-0.2, -0.15) is 0 Å². The van der Waals surface area contributed by atoms with Crippen molar-refractivity contribution in [2.75, 3.05) is 0 Å². The van der Waals surface area contributed by atoms with E-state index in [4.69, 9.17) is 18.9 Å². The predicted molar refractivity (Wildman–Crippen MR) is 161 cm³/mol. The number of hydrogen-bond donors (Lipinski definition) is 0. The molecule has 9 nitrogen and oxygen atoms in total. The molecule has 0 amide bonds. The summed E-state index contributed by atoms with van der Waals surface area (Å²) in [6.45, 7) is 1.48. The predicted octanol–water partition coefficient (Wildman–Crippen LogP) is 6.02. The molecule has 9 heteroatoms. The highest BCUT2D eigenvalue weighted by Gasteiger charge is 2.15. The third-order valence-corrected chi connectivity index (χ3v) is 6.32. The average Bonchev–Trinajstić information content (AvgIpc) is 3.07. The van der Waals surface area contributed by atoms with Gasteiger partial charge in [0.15, 0.2) is 0 Å². The SMILES string of the molecule is O=C(OCc1cccc(COCc2ccccc2)n1)c1cccc(C(=O)OCc2cccc(COCc3ccccc3)n2)n1. The first-order chi connectivity index (χ1) is 21.6. The molecule has 2 aromatic carbocycles. The second kappa shape index (κ2) is 15.8. The lowest BCUT2D eigenvalue weighted by Crippen LogP contribution is -2.13. The first-order valence-electron chi connectivity index (χ1n) is 14.1. The summed E-state index contributed by atoms with van der Waals surface area (Å²) < 4.78 is 22.3. The van der Waals surface area contributed by atoms with Crippen LogP contribution in [-0.2, 0) is 58.6 Å². The molecule has 0 aliphatic carbocycles. The largest absolute Gasteiger partial charge is 0.454 e. The van der Waals surface area contributed by atoms with Gasteiger partial charge in [0, 0.05) is 0 Å². The average molecular weight is 590 g/mol. The molecule has 0 bridgehead atoms. The van der Waals surface area contributed by atoms with E-state index < -0.39 is 11.9 Å². The van der Waals surface area contributed by atoms with Gasteiger partial charge in [0.05, 0.1) is 49.2 Å². The molecule has 0 aliphatic heterocycles. The molecule has 3 heterocycles. The van der Waals surface area contributed by atoms with Crippen LogP contribution in [0, 0.1) is 0 Å². The van der Waals surface area contributed by atoms with E-state index in [1.165, 1.54) is 12.1 Å². The molecule has 5 aromatic rings. The van der Waals surface area contributed by atoms with Crippen molar-refractivity contribution in [1.82, 2.24) is 15.0 Å². The zero-order chi connectivity index (χ0) is 30.4. The van der Waals surface area contributed by atoms with Crippen molar-refractivity contribution in [3.05, 3.63) is 161 Å². The maximum atomic E-state index is 12.7. The standard InChI is InChI=1S/C35H31N3O6/c39-34(43-24-30-16-7-14-28(36-30)22-41-20-26-10-3-1-4-11-26)32-18-9-19-33(38-32)35(40)44-25-31-17-8-15-29(37-31)23-42-21-27-12-5-2-6-13-27/h1-19H,20-25H2. The molecular formula is C35H31N3O6. The Bertz CT molecular complexity index is 1540. The smallest absolute Gasteiger partial charge is 0.357 e. The number of pyridine rings is 3. The van der Waals surface area contributed by atoms with Crippen LogP contribution in [-0.4, -0.2) is 26.9 Å². The minimum atomic E-state index is -0.683. The number of carbonyl (C=O) groups excluding carboxylic acids is 2. The Balaban J connectivity index is 1.08. The van der Waals surface area contributed by atoms with Gasteiger partial charge in [0.25, 0.3) is 0 Å². The van der Waals surface area contributed by atoms with Crippen LogP contribution in [0.25, 0.3) is 0 Å². The molecule has 0 unspecified atom stereocenters. The van der Waals surface area contributed by atoms with E-state index in [1.54, 1.807) is 18.2 Å². The number of benzene rings is 2. The van der Waals surface area contributed by atoms with E-state index in [9.17, 15) is 9.59 Å². The summed E-state index contributed by atoms with van der Waals surface area (Å²) in [5.74, 6) is -1.37. The molecule has 44 heavy (non-hydrogen) atoms. The second-order valence-electron chi connectivity index (χ2n) is 9.76. The molecule has 0 fully saturated rings. The molecule has 0 N–H and O–H groups in total. The summed E-state index contributed by atoms with van der Waals surface area (Å²) in [5.41, 5.74) is 4.68. The van der Waals surface area contributed by atoms with Crippen molar-refractivity contribution in [3.8, 4) is 0 Å². The molecule has 0 aliphatic rings. The first-order valence-corrected chi connectivity index (χ1v) is 14.1. The van der Waals surface area contributed by atoms with Crippen molar-refractivity contribution in [2.45, 2.75) is 39.6 Å². The van der Waals surface area contributed by atoms with Gasteiger partial charge in [-0.25, -0.2) is 14.6 Å². The molecular weight excluding hydrogens is 558 g/mol. The highest BCUT2D eigenvalue weighted by Crippen LogP contribution is 2.11. The van der Waals surface area contributed by atoms with E-state index >= 15 is 0 Å². The van der Waals surface area contributed by atoms with E-state index in [0.717, 1.165) is 22.5 Å². The molecule has 0 radical (unpaired) electrons. The normalized spacial score (nSPS) is 10.7. The third-order valence-electron chi connectivity index (χ3n) is 6.32. The van der Waals surface area contributed by atoms with Crippen LogP contribution in [0.4, 0.5) is 0 Å². The van der Waals surface area contributed by atoms with Gasteiger partial charge in [0.2, 0.25) is 0 Å². The van der Waals surface area contributed by atoms with Crippen LogP contribution < -0.4 is 0 Å².